The number of methoxy groups -OCH3 is 1. The van der Waals surface area contributed by atoms with E-state index < -0.39 is 0 Å². The first kappa shape index (κ1) is 21.6. The van der Waals surface area contributed by atoms with E-state index in [-0.39, 0.29) is 11.7 Å². The number of thiazole rings is 1. The molecule has 1 unspecified atom stereocenters. The molecule has 0 aliphatic heterocycles. The lowest BCUT2D eigenvalue weighted by Crippen LogP contribution is -2.10. The zero-order valence-corrected chi connectivity index (χ0v) is 19.9. The predicted octanol–water partition coefficient (Wildman–Crippen LogP) is 6.56. The summed E-state index contributed by atoms with van der Waals surface area (Å²) in [7, 11) is 1.67. The Balaban J connectivity index is 1.41. The Bertz CT molecular complexity index is 1300. The van der Waals surface area contributed by atoms with Crippen molar-refractivity contribution in [2.75, 3.05) is 12.4 Å². The zero-order chi connectivity index (χ0) is 22.9. The largest absolute Gasteiger partial charge is 0.494 e. The number of aryl methyl sites for hydroxylation is 3. The first-order valence-electron chi connectivity index (χ1n) is 11.3. The smallest absolute Gasteiger partial charge is 0.187 e. The summed E-state index contributed by atoms with van der Waals surface area (Å²) in [5, 5.41) is 4.30. The van der Waals surface area contributed by atoms with Gasteiger partial charge in [-0.05, 0) is 61.9 Å². The average molecular weight is 463 g/mol. The summed E-state index contributed by atoms with van der Waals surface area (Å²) in [5.74, 6) is 0.750. The van der Waals surface area contributed by atoms with E-state index in [9.17, 15) is 4.39 Å². The number of imidazole rings is 1. The Morgan fingerprint density at radius 2 is 2.12 bits per heavy atom. The Morgan fingerprint density at radius 1 is 1.24 bits per heavy atom. The monoisotopic (exact) mass is 462 g/mol. The van der Waals surface area contributed by atoms with E-state index in [1.807, 2.05) is 47.4 Å². The van der Waals surface area contributed by atoms with E-state index in [4.69, 9.17) is 9.72 Å². The number of anilines is 2. The van der Waals surface area contributed by atoms with Crippen molar-refractivity contribution in [2.45, 2.75) is 45.4 Å². The van der Waals surface area contributed by atoms with Gasteiger partial charge in [0.15, 0.2) is 5.13 Å². The molecule has 5 nitrogen and oxygen atoms in total. The van der Waals surface area contributed by atoms with Crippen molar-refractivity contribution in [3.63, 3.8) is 0 Å². The fourth-order valence-electron chi connectivity index (χ4n) is 4.39. The van der Waals surface area contributed by atoms with E-state index in [1.54, 1.807) is 31.4 Å². The van der Waals surface area contributed by atoms with E-state index in [0.717, 1.165) is 64.9 Å². The van der Waals surface area contributed by atoms with Gasteiger partial charge in [0.1, 0.15) is 11.6 Å². The summed E-state index contributed by atoms with van der Waals surface area (Å²) in [5.41, 5.74) is 5.65. The van der Waals surface area contributed by atoms with Crippen molar-refractivity contribution in [1.82, 2.24) is 14.5 Å². The van der Waals surface area contributed by atoms with Crippen LogP contribution in [0, 0.1) is 12.7 Å². The lowest BCUT2D eigenvalue weighted by atomic mass is 9.85. The van der Waals surface area contributed by atoms with Crippen LogP contribution in [0.3, 0.4) is 0 Å². The van der Waals surface area contributed by atoms with Crippen LogP contribution in [0.2, 0.25) is 0 Å². The van der Waals surface area contributed by atoms with Gasteiger partial charge in [0.25, 0.3) is 0 Å². The molecule has 4 aromatic rings. The Labute approximate surface area is 197 Å². The molecule has 2 aromatic carbocycles. The van der Waals surface area contributed by atoms with Gasteiger partial charge in [-0.3, -0.25) is 0 Å². The Hall–Kier alpha value is -3.19. The van der Waals surface area contributed by atoms with Crippen LogP contribution in [0.4, 0.5) is 15.2 Å². The maximum Gasteiger partial charge on any atom is 0.187 e. The van der Waals surface area contributed by atoms with Crippen LogP contribution in [0.5, 0.6) is 5.75 Å². The molecular weight excluding hydrogens is 435 g/mol. The van der Waals surface area contributed by atoms with Crippen LogP contribution < -0.4 is 10.1 Å². The molecule has 0 spiro atoms. The normalized spacial score (nSPS) is 15.3. The molecule has 5 rings (SSSR count). The molecule has 7 heteroatoms. The summed E-state index contributed by atoms with van der Waals surface area (Å²) >= 11 is 1.68. The van der Waals surface area contributed by atoms with Crippen molar-refractivity contribution < 1.29 is 9.13 Å². The fraction of sp³-hybridized carbons (Fsp3) is 0.308. The number of nitrogens with zero attached hydrogens (tertiary/aromatic N) is 3. The molecule has 0 bridgehead atoms. The number of hydrogen-bond acceptors (Lipinski definition) is 5. The lowest BCUT2D eigenvalue weighted by molar-refractivity contribution is 0.413. The van der Waals surface area contributed by atoms with Crippen molar-refractivity contribution in [2.24, 2.45) is 0 Å². The standard InChI is InChI=1S/C26H27FN4OS/c1-4-18-14-31(15-28-18)22-11-10-19(13-23(22)32-3)29-26-30-25-20(6-5-7-24(25)33-26)17-9-8-16(2)21(27)12-17/h8-15,20H,4-7H2,1-3H3,(H,29,30). The van der Waals surface area contributed by atoms with Gasteiger partial charge in [0.2, 0.25) is 0 Å². The van der Waals surface area contributed by atoms with Gasteiger partial charge < -0.3 is 14.6 Å². The maximum atomic E-state index is 14.2. The van der Waals surface area contributed by atoms with E-state index in [0.29, 0.717) is 5.56 Å². The molecule has 0 saturated heterocycles. The van der Waals surface area contributed by atoms with Crippen molar-refractivity contribution >= 4 is 22.2 Å². The fourth-order valence-corrected chi connectivity index (χ4v) is 5.48. The van der Waals surface area contributed by atoms with Crippen LogP contribution in [-0.2, 0) is 12.8 Å². The molecule has 1 aliphatic carbocycles. The van der Waals surface area contributed by atoms with Gasteiger partial charge in [-0.1, -0.05) is 19.1 Å². The number of rotatable bonds is 6. The third-order valence-electron chi connectivity index (χ3n) is 6.26. The Morgan fingerprint density at radius 3 is 2.88 bits per heavy atom. The number of nitrogens with one attached hydrogen (secondary N) is 1. The predicted molar refractivity (Wildman–Crippen MR) is 131 cm³/mol. The second-order valence-corrected chi connectivity index (χ2v) is 9.50. The van der Waals surface area contributed by atoms with Crippen LogP contribution in [0.1, 0.15) is 53.1 Å². The van der Waals surface area contributed by atoms with Gasteiger partial charge in [0, 0.05) is 28.7 Å². The molecule has 2 heterocycles. The summed E-state index contributed by atoms with van der Waals surface area (Å²) in [4.78, 5) is 10.6. The first-order chi connectivity index (χ1) is 16.1. The summed E-state index contributed by atoms with van der Waals surface area (Å²) in [6.07, 6.45) is 7.82. The third-order valence-corrected chi connectivity index (χ3v) is 7.31. The summed E-state index contributed by atoms with van der Waals surface area (Å²) in [6.45, 7) is 3.88. The van der Waals surface area contributed by atoms with Gasteiger partial charge in [-0.25, -0.2) is 14.4 Å². The maximum absolute atomic E-state index is 14.2. The molecular formula is C26H27FN4OS. The summed E-state index contributed by atoms with van der Waals surface area (Å²) in [6, 6.07) is 11.6. The van der Waals surface area contributed by atoms with Gasteiger partial charge in [-0.15, -0.1) is 11.3 Å². The van der Waals surface area contributed by atoms with Crippen molar-refractivity contribution in [3.8, 4) is 11.4 Å². The van der Waals surface area contributed by atoms with Crippen LogP contribution in [0.25, 0.3) is 5.69 Å². The molecule has 0 amide bonds. The second kappa shape index (κ2) is 8.98. The highest BCUT2D eigenvalue weighted by molar-refractivity contribution is 7.15. The SMILES string of the molecule is CCc1cn(-c2ccc(Nc3nc4c(s3)CCCC4c3ccc(C)c(F)c3)cc2OC)cn1. The number of ether oxygens (including phenoxy) is 1. The topological polar surface area (TPSA) is 52.0 Å². The number of halogens is 1. The molecule has 0 radical (unpaired) electrons. The van der Waals surface area contributed by atoms with Crippen molar-refractivity contribution in [1.29, 1.82) is 0 Å². The minimum Gasteiger partial charge on any atom is -0.494 e. The van der Waals surface area contributed by atoms with E-state index in [1.165, 1.54) is 4.88 Å². The summed E-state index contributed by atoms with van der Waals surface area (Å²) < 4.78 is 21.8. The third kappa shape index (κ3) is 4.25. The average Bonchev–Trinajstić information content (AvgIpc) is 3.47. The number of fused-ring (bicyclic) bond motifs is 1. The van der Waals surface area contributed by atoms with E-state index in [2.05, 4.69) is 17.2 Å². The molecule has 1 aliphatic rings. The number of aromatic nitrogens is 3. The molecule has 1 N–H and O–H groups in total. The zero-order valence-electron chi connectivity index (χ0n) is 19.1. The number of hydrogen-bond donors (Lipinski definition) is 1. The number of benzene rings is 2. The molecule has 0 saturated carbocycles. The highest BCUT2D eigenvalue weighted by atomic mass is 32.1. The van der Waals surface area contributed by atoms with Crippen LogP contribution >= 0.6 is 11.3 Å². The van der Waals surface area contributed by atoms with Gasteiger partial charge in [-0.2, -0.15) is 0 Å². The van der Waals surface area contributed by atoms with Gasteiger partial charge in [0.05, 0.1) is 30.5 Å². The first-order valence-corrected chi connectivity index (χ1v) is 12.1. The highest BCUT2D eigenvalue weighted by Gasteiger charge is 2.26. The van der Waals surface area contributed by atoms with Crippen molar-refractivity contribution in [3.05, 3.63) is 82.1 Å². The molecule has 33 heavy (non-hydrogen) atoms. The minimum absolute atomic E-state index is 0.140. The second-order valence-electron chi connectivity index (χ2n) is 8.42. The molecule has 0 fully saturated rings. The van der Waals surface area contributed by atoms with Gasteiger partial charge >= 0.3 is 0 Å². The van der Waals surface area contributed by atoms with Crippen LogP contribution in [-0.4, -0.2) is 21.6 Å². The molecule has 1 atom stereocenters. The quantitative estimate of drug-likeness (QED) is 0.353. The molecule has 2 aromatic heterocycles. The highest BCUT2D eigenvalue weighted by Crippen LogP contribution is 2.41. The van der Waals surface area contributed by atoms with Crippen LogP contribution in [0.15, 0.2) is 48.9 Å². The van der Waals surface area contributed by atoms with E-state index >= 15 is 0 Å². The lowest BCUT2D eigenvalue weighted by Gasteiger charge is -2.21. The Kier molecular flexibility index (Phi) is 5.89. The minimum atomic E-state index is -0.149. The molecule has 170 valence electrons.